The molecule has 0 fully saturated rings. The summed E-state index contributed by atoms with van der Waals surface area (Å²) in [6.07, 6.45) is 7.72. The summed E-state index contributed by atoms with van der Waals surface area (Å²) in [7, 11) is 0. The van der Waals surface area contributed by atoms with Gasteiger partial charge in [-0.15, -0.1) is 10.2 Å². The fourth-order valence-electron chi connectivity index (χ4n) is 2.55. The molecular formula is C18H28N6O4. The van der Waals surface area contributed by atoms with Crippen LogP contribution in [0.3, 0.4) is 0 Å². The molecule has 0 aliphatic carbocycles. The SMILES string of the molecule is CC1(C(=O)O)C=CN(C(C)(C)CCC(C)(C)N2C=CC(C)(C(=O)O)N=N2)N=N1. The first kappa shape index (κ1) is 21.5. The lowest BCUT2D eigenvalue weighted by Crippen LogP contribution is -2.45. The van der Waals surface area contributed by atoms with Gasteiger partial charge in [-0.2, -0.15) is 0 Å². The van der Waals surface area contributed by atoms with Gasteiger partial charge in [0.05, 0.1) is 11.1 Å². The smallest absolute Gasteiger partial charge is 0.337 e. The first-order chi connectivity index (χ1) is 12.7. The predicted octanol–water partition coefficient (Wildman–Crippen LogP) is 3.40. The third kappa shape index (κ3) is 4.20. The van der Waals surface area contributed by atoms with E-state index in [1.165, 1.54) is 26.0 Å². The third-order valence-electron chi connectivity index (χ3n) is 5.23. The van der Waals surface area contributed by atoms with Gasteiger partial charge in [0.1, 0.15) is 0 Å². The molecule has 28 heavy (non-hydrogen) atoms. The van der Waals surface area contributed by atoms with Crippen molar-refractivity contribution < 1.29 is 19.8 Å². The van der Waals surface area contributed by atoms with Crippen molar-refractivity contribution in [2.45, 2.75) is 76.5 Å². The summed E-state index contributed by atoms with van der Waals surface area (Å²) >= 11 is 0. The van der Waals surface area contributed by atoms with Gasteiger partial charge in [0, 0.05) is 12.4 Å². The van der Waals surface area contributed by atoms with Gasteiger partial charge in [-0.3, -0.25) is 0 Å². The van der Waals surface area contributed by atoms with Gasteiger partial charge in [-0.25, -0.2) is 19.6 Å². The van der Waals surface area contributed by atoms with Crippen LogP contribution in [-0.4, -0.2) is 54.3 Å². The van der Waals surface area contributed by atoms with Crippen molar-refractivity contribution in [1.82, 2.24) is 10.0 Å². The Kier molecular flexibility index (Phi) is 5.37. The molecule has 2 aliphatic rings. The van der Waals surface area contributed by atoms with Crippen LogP contribution in [0.4, 0.5) is 0 Å². The van der Waals surface area contributed by atoms with Crippen LogP contribution in [0.15, 0.2) is 45.2 Å². The van der Waals surface area contributed by atoms with E-state index in [-0.39, 0.29) is 0 Å². The van der Waals surface area contributed by atoms with Crippen LogP contribution in [0.5, 0.6) is 0 Å². The average Bonchev–Trinajstić information content (AvgIpc) is 2.61. The zero-order valence-electron chi connectivity index (χ0n) is 17.1. The first-order valence-electron chi connectivity index (χ1n) is 9.02. The molecule has 2 unspecified atom stereocenters. The summed E-state index contributed by atoms with van der Waals surface area (Å²) in [6, 6.07) is 0. The molecule has 0 saturated carbocycles. The standard InChI is InChI=1S/C18H28N6O4/c1-15(2,23-11-9-17(5,13(25)26)19-21-23)7-8-16(3,4)24-12-10-18(6,14(27)28)20-22-24/h9-12H,7-8H2,1-6H3,(H,25,26)(H,27,28). The van der Waals surface area contributed by atoms with E-state index in [0.717, 1.165) is 0 Å². The van der Waals surface area contributed by atoms with E-state index in [9.17, 15) is 19.8 Å². The number of carboxylic acids is 2. The number of aliphatic carboxylic acids is 2. The molecule has 2 rings (SSSR count). The molecule has 10 nitrogen and oxygen atoms in total. The maximum atomic E-state index is 11.3. The molecular weight excluding hydrogens is 364 g/mol. The monoisotopic (exact) mass is 392 g/mol. The summed E-state index contributed by atoms with van der Waals surface area (Å²) in [5.41, 5.74) is -3.52. The average molecular weight is 392 g/mol. The topological polar surface area (TPSA) is 131 Å². The number of hydrogen-bond acceptors (Lipinski definition) is 8. The van der Waals surface area contributed by atoms with Crippen molar-refractivity contribution in [3.05, 3.63) is 24.6 Å². The molecule has 0 amide bonds. The largest absolute Gasteiger partial charge is 0.479 e. The van der Waals surface area contributed by atoms with E-state index in [0.29, 0.717) is 12.8 Å². The van der Waals surface area contributed by atoms with Gasteiger partial charge in [0.15, 0.2) is 11.1 Å². The summed E-state index contributed by atoms with van der Waals surface area (Å²) in [5.74, 6) is -2.11. The fraction of sp³-hybridized carbons (Fsp3) is 0.667. The maximum Gasteiger partial charge on any atom is 0.337 e. The van der Waals surface area contributed by atoms with Crippen molar-refractivity contribution in [3.63, 3.8) is 0 Å². The van der Waals surface area contributed by atoms with Crippen LogP contribution in [0, 0.1) is 0 Å². The zero-order valence-corrected chi connectivity index (χ0v) is 17.1. The number of carbonyl (C=O) groups is 2. The molecule has 0 spiro atoms. The Morgan fingerprint density at radius 1 is 0.821 bits per heavy atom. The molecule has 154 valence electrons. The molecule has 2 heterocycles. The number of nitrogens with zero attached hydrogens (tertiary/aromatic N) is 6. The molecule has 0 aromatic carbocycles. The lowest BCUT2D eigenvalue weighted by molar-refractivity contribution is -0.142. The molecule has 0 saturated heterocycles. The van der Waals surface area contributed by atoms with E-state index in [1.807, 2.05) is 27.7 Å². The molecule has 0 bridgehead atoms. The minimum Gasteiger partial charge on any atom is -0.479 e. The van der Waals surface area contributed by atoms with E-state index < -0.39 is 34.1 Å². The minimum atomic E-state index is -1.35. The highest BCUT2D eigenvalue weighted by atomic mass is 16.4. The molecule has 0 aromatic heterocycles. The summed E-state index contributed by atoms with van der Waals surface area (Å²) in [6.45, 7) is 10.9. The normalized spacial score (nSPS) is 27.4. The lowest BCUT2D eigenvalue weighted by atomic mass is 9.88. The van der Waals surface area contributed by atoms with Gasteiger partial charge in [0.25, 0.3) is 0 Å². The summed E-state index contributed by atoms with van der Waals surface area (Å²) < 4.78 is 0. The second kappa shape index (κ2) is 6.99. The van der Waals surface area contributed by atoms with Crippen molar-refractivity contribution in [3.8, 4) is 0 Å². The Hall–Kier alpha value is -2.78. The maximum absolute atomic E-state index is 11.3. The Morgan fingerprint density at radius 3 is 1.36 bits per heavy atom. The number of carboxylic acid groups (broad SMARTS) is 2. The summed E-state index contributed by atoms with van der Waals surface area (Å²) in [5, 5.41) is 37.8. The van der Waals surface area contributed by atoms with Crippen LogP contribution in [0.2, 0.25) is 0 Å². The Labute approximate surface area is 164 Å². The van der Waals surface area contributed by atoms with Crippen LogP contribution < -0.4 is 0 Å². The molecule has 2 atom stereocenters. The fourth-order valence-corrected chi connectivity index (χ4v) is 2.55. The van der Waals surface area contributed by atoms with E-state index in [4.69, 9.17) is 0 Å². The van der Waals surface area contributed by atoms with Crippen LogP contribution in [-0.2, 0) is 9.59 Å². The second-order valence-electron chi connectivity index (χ2n) is 8.73. The van der Waals surface area contributed by atoms with Crippen molar-refractivity contribution in [1.29, 1.82) is 0 Å². The van der Waals surface area contributed by atoms with E-state index in [1.54, 1.807) is 22.4 Å². The van der Waals surface area contributed by atoms with Gasteiger partial charge in [-0.05, 0) is 66.5 Å². The second-order valence-corrected chi connectivity index (χ2v) is 8.73. The molecule has 0 aromatic rings. The van der Waals surface area contributed by atoms with Crippen molar-refractivity contribution in [2.24, 2.45) is 20.7 Å². The minimum absolute atomic E-state index is 0.413. The lowest BCUT2D eigenvalue weighted by Gasteiger charge is -2.40. The highest BCUT2D eigenvalue weighted by Crippen LogP contribution is 2.33. The molecule has 2 N–H and O–H groups in total. The Bertz CT molecular complexity index is 676. The Balaban J connectivity index is 2.03. The van der Waals surface area contributed by atoms with Gasteiger partial charge < -0.3 is 10.2 Å². The first-order valence-corrected chi connectivity index (χ1v) is 9.02. The van der Waals surface area contributed by atoms with Crippen molar-refractivity contribution >= 4 is 11.9 Å². The zero-order chi connectivity index (χ0) is 21.4. The van der Waals surface area contributed by atoms with Gasteiger partial charge in [0.2, 0.25) is 0 Å². The summed E-state index contributed by atoms with van der Waals surface area (Å²) in [4.78, 5) is 22.5. The highest BCUT2D eigenvalue weighted by Gasteiger charge is 2.39. The van der Waals surface area contributed by atoms with Crippen LogP contribution in [0.1, 0.15) is 54.4 Å². The molecule has 10 heteroatoms. The predicted molar refractivity (Wildman–Crippen MR) is 101 cm³/mol. The number of rotatable bonds is 7. The van der Waals surface area contributed by atoms with Crippen molar-refractivity contribution in [2.75, 3.05) is 0 Å². The van der Waals surface area contributed by atoms with Gasteiger partial charge in [-0.1, -0.05) is 10.4 Å². The number of hydrogen-bond donors (Lipinski definition) is 2. The van der Waals surface area contributed by atoms with E-state index >= 15 is 0 Å². The van der Waals surface area contributed by atoms with Gasteiger partial charge >= 0.3 is 11.9 Å². The molecule has 2 aliphatic heterocycles. The van der Waals surface area contributed by atoms with Crippen LogP contribution >= 0.6 is 0 Å². The van der Waals surface area contributed by atoms with E-state index in [2.05, 4.69) is 20.7 Å². The van der Waals surface area contributed by atoms with Crippen LogP contribution in [0.25, 0.3) is 0 Å². The quantitative estimate of drug-likeness (QED) is 0.683. The Morgan fingerprint density at radius 2 is 1.14 bits per heavy atom. The highest BCUT2D eigenvalue weighted by molar-refractivity contribution is 5.81. The third-order valence-corrected chi connectivity index (χ3v) is 5.23. The molecule has 0 radical (unpaired) electrons.